The van der Waals surface area contributed by atoms with Gasteiger partial charge in [0.1, 0.15) is 24.5 Å². The average Bonchev–Trinajstić information content (AvgIpc) is 2.67. The number of alkyl carbamates (subject to hydrolysis) is 1. The van der Waals surface area contributed by atoms with Crippen molar-refractivity contribution in [2.45, 2.75) is 58.7 Å². The van der Waals surface area contributed by atoms with Crippen molar-refractivity contribution in [2.75, 3.05) is 0 Å². The van der Waals surface area contributed by atoms with Gasteiger partial charge in [0.05, 0.1) is 0 Å². The summed E-state index contributed by atoms with van der Waals surface area (Å²) in [6.45, 7) is 5.30. The minimum atomic E-state index is -0.980. The van der Waals surface area contributed by atoms with Crippen LogP contribution >= 0.6 is 0 Å². The molecule has 4 N–H and O–H groups in total. The van der Waals surface area contributed by atoms with Crippen LogP contribution in [0.4, 0.5) is 4.79 Å². The smallest absolute Gasteiger partial charge is 0.408 e. The molecule has 0 aromatic heterocycles. The van der Waals surface area contributed by atoms with Gasteiger partial charge in [-0.1, -0.05) is 51.1 Å². The summed E-state index contributed by atoms with van der Waals surface area (Å²) in [4.78, 5) is 47.7. The van der Waals surface area contributed by atoms with Gasteiger partial charge in [0.15, 0.2) is 0 Å². The van der Waals surface area contributed by atoms with E-state index in [2.05, 4.69) is 10.6 Å². The number of hydrogen-bond donors (Lipinski definition) is 3. The monoisotopic (exact) mass is 391 g/mol. The Morgan fingerprint density at radius 2 is 1.71 bits per heavy atom. The van der Waals surface area contributed by atoms with E-state index in [1.54, 1.807) is 20.8 Å². The largest absolute Gasteiger partial charge is 0.445 e. The molecule has 0 unspecified atom stereocenters. The van der Waals surface area contributed by atoms with Crippen LogP contribution in [-0.2, 0) is 25.7 Å². The summed E-state index contributed by atoms with van der Waals surface area (Å²) in [5.41, 5.74) is 6.14. The van der Waals surface area contributed by atoms with Gasteiger partial charge in [-0.3, -0.25) is 14.4 Å². The minimum absolute atomic E-state index is 0.0245. The number of primary amides is 1. The second-order valence-corrected chi connectivity index (χ2v) is 6.82. The number of ketones is 1. The van der Waals surface area contributed by atoms with E-state index in [9.17, 15) is 19.2 Å². The maximum Gasteiger partial charge on any atom is 0.408 e. The van der Waals surface area contributed by atoms with Crippen LogP contribution in [-0.4, -0.2) is 35.8 Å². The van der Waals surface area contributed by atoms with E-state index in [0.29, 0.717) is 6.42 Å². The SMILES string of the molecule is CCC(=O)CC[C@@H](NC(=O)[C@H](NC(=O)OCc1ccccc1)C(C)C)C(N)=O. The predicted molar refractivity (Wildman–Crippen MR) is 104 cm³/mol. The summed E-state index contributed by atoms with van der Waals surface area (Å²) < 4.78 is 5.14. The van der Waals surface area contributed by atoms with E-state index in [-0.39, 0.29) is 31.1 Å². The number of carbonyl (C=O) groups is 4. The highest BCUT2D eigenvalue weighted by Gasteiger charge is 2.28. The Kier molecular flexibility index (Phi) is 9.70. The van der Waals surface area contributed by atoms with Crippen molar-refractivity contribution in [3.05, 3.63) is 35.9 Å². The highest BCUT2D eigenvalue weighted by Crippen LogP contribution is 2.07. The second kappa shape index (κ2) is 11.7. The standard InChI is InChI=1S/C20H29N3O5/c1-4-15(24)10-11-16(18(21)25)22-19(26)17(13(2)3)23-20(27)28-12-14-8-6-5-7-9-14/h5-9,13,16-17H,4,10-12H2,1-3H3,(H2,21,25)(H,22,26)(H,23,27)/t16-,17-/m1/s1. The molecule has 0 fully saturated rings. The van der Waals surface area contributed by atoms with Crippen LogP contribution < -0.4 is 16.4 Å². The fourth-order valence-electron chi connectivity index (χ4n) is 2.46. The van der Waals surface area contributed by atoms with Gasteiger partial charge in [0.25, 0.3) is 0 Å². The van der Waals surface area contributed by atoms with Crippen molar-refractivity contribution >= 4 is 23.7 Å². The number of carbonyl (C=O) groups excluding carboxylic acids is 4. The number of Topliss-reactive ketones (excluding diaryl/α,β-unsaturated/α-hetero) is 1. The highest BCUT2D eigenvalue weighted by molar-refractivity contribution is 5.91. The number of hydrogen-bond acceptors (Lipinski definition) is 5. The molecule has 0 spiro atoms. The summed E-state index contributed by atoms with van der Waals surface area (Å²) in [7, 11) is 0. The van der Waals surface area contributed by atoms with Crippen LogP contribution in [0.5, 0.6) is 0 Å². The number of amides is 3. The molecular weight excluding hydrogens is 362 g/mol. The zero-order chi connectivity index (χ0) is 21.1. The molecule has 0 aliphatic carbocycles. The van der Waals surface area contributed by atoms with E-state index in [4.69, 9.17) is 10.5 Å². The van der Waals surface area contributed by atoms with Gasteiger partial charge in [0.2, 0.25) is 11.8 Å². The van der Waals surface area contributed by atoms with Crippen LogP contribution in [0.25, 0.3) is 0 Å². The fraction of sp³-hybridized carbons (Fsp3) is 0.500. The zero-order valence-corrected chi connectivity index (χ0v) is 16.6. The normalized spacial score (nSPS) is 12.7. The molecule has 1 aromatic rings. The van der Waals surface area contributed by atoms with E-state index in [0.717, 1.165) is 5.56 Å². The third kappa shape index (κ3) is 8.20. The van der Waals surface area contributed by atoms with Gasteiger partial charge >= 0.3 is 6.09 Å². The molecule has 3 amide bonds. The molecule has 0 heterocycles. The first-order chi connectivity index (χ1) is 13.2. The van der Waals surface area contributed by atoms with Gasteiger partial charge < -0.3 is 21.1 Å². The van der Waals surface area contributed by atoms with E-state index in [1.807, 2.05) is 30.3 Å². The number of ether oxygens (including phenoxy) is 1. The number of nitrogens with one attached hydrogen (secondary N) is 2. The third-order valence-electron chi connectivity index (χ3n) is 4.20. The van der Waals surface area contributed by atoms with E-state index < -0.39 is 30.0 Å². The molecule has 0 bridgehead atoms. The van der Waals surface area contributed by atoms with Crippen molar-refractivity contribution in [3.8, 4) is 0 Å². The predicted octanol–water partition coefficient (Wildman–Crippen LogP) is 1.67. The lowest BCUT2D eigenvalue weighted by molar-refractivity contribution is -0.129. The molecule has 1 aromatic carbocycles. The Balaban J connectivity index is 2.64. The van der Waals surface area contributed by atoms with Crippen molar-refractivity contribution < 1.29 is 23.9 Å². The molecule has 0 aliphatic heterocycles. The molecule has 8 nitrogen and oxygen atoms in total. The lowest BCUT2D eigenvalue weighted by Crippen LogP contribution is -2.54. The zero-order valence-electron chi connectivity index (χ0n) is 16.6. The Labute approximate surface area is 165 Å². The Hall–Kier alpha value is -2.90. The summed E-state index contributed by atoms with van der Waals surface area (Å²) in [6, 6.07) is 7.25. The van der Waals surface area contributed by atoms with Crippen molar-refractivity contribution in [2.24, 2.45) is 11.7 Å². The summed E-state index contributed by atoms with van der Waals surface area (Å²) >= 11 is 0. The molecule has 8 heteroatoms. The quantitative estimate of drug-likeness (QED) is 0.529. The lowest BCUT2D eigenvalue weighted by atomic mass is 10.0. The number of nitrogens with two attached hydrogens (primary N) is 1. The molecule has 1 rings (SSSR count). The van der Waals surface area contributed by atoms with Crippen LogP contribution in [0.2, 0.25) is 0 Å². The molecule has 28 heavy (non-hydrogen) atoms. The fourth-order valence-corrected chi connectivity index (χ4v) is 2.46. The number of benzene rings is 1. The topological polar surface area (TPSA) is 128 Å². The van der Waals surface area contributed by atoms with E-state index in [1.165, 1.54) is 0 Å². The lowest BCUT2D eigenvalue weighted by Gasteiger charge is -2.24. The first-order valence-corrected chi connectivity index (χ1v) is 9.33. The van der Waals surface area contributed by atoms with Gasteiger partial charge in [0, 0.05) is 12.8 Å². The molecule has 0 radical (unpaired) electrons. The maximum absolute atomic E-state index is 12.5. The minimum Gasteiger partial charge on any atom is -0.445 e. The van der Waals surface area contributed by atoms with Crippen molar-refractivity contribution in [3.63, 3.8) is 0 Å². The molecule has 0 saturated carbocycles. The van der Waals surface area contributed by atoms with Crippen molar-refractivity contribution in [1.29, 1.82) is 0 Å². The average molecular weight is 391 g/mol. The third-order valence-corrected chi connectivity index (χ3v) is 4.20. The van der Waals surface area contributed by atoms with Gasteiger partial charge in [-0.15, -0.1) is 0 Å². The molecule has 0 saturated heterocycles. The highest BCUT2D eigenvalue weighted by atomic mass is 16.5. The summed E-state index contributed by atoms with van der Waals surface area (Å²) in [5, 5.41) is 5.04. The number of rotatable bonds is 11. The van der Waals surface area contributed by atoms with Gasteiger partial charge in [-0.2, -0.15) is 0 Å². The van der Waals surface area contributed by atoms with Gasteiger partial charge in [-0.25, -0.2) is 4.79 Å². The Morgan fingerprint density at radius 3 is 2.25 bits per heavy atom. The first kappa shape index (κ1) is 23.1. The molecule has 154 valence electrons. The second-order valence-electron chi connectivity index (χ2n) is 6.82. The van der Waals surface area contributed by atoms with E-state index >= 15 is 0 Å². The first-order valence-electron chi connectivity index (χ1n) is 9.33. The van der Waals surface area contributed by atoms with Crippen LogP contribution in [0.1, 0.15) is 45.6 Å². The Morgan fingerprint density at radius 1 is 1.07 bits per heavy atom. The molecule has 2 atom stereocenters. The maximum atomic E-state index is 12.5. The molecular formula is C20H29N3O5. The Bertz CT molecular complexity index is 676. The van der Waals surface area contributed by atoms with Crippen LogP contribution in [0.15, 0.2) is 30.3 Å². The molecule has 0 aliphatic rings. The van der Waals surface area contributed by atoms with Crippen LogP contribution in [0, 0.1) is 5.92 Å². The summed E-state index contributed by atoms with van der Waals surface area (Å²) in [5.74, 6) is -1.57. The summed E-state index contributed by atoms with van der Waals surface area (Å²) in [6.07, 6.45) is -0.127. The van der Waals surface area contributed by atoms with Crippen molar-refractivity contribution in [1.82, 2.24) is 10.6 Å². The van der Waals surface area contributed by atoms with Crippen LogP contribution in [0.3, 0.4) is 0 Å². The van der Waals surface area contributed by atoms with Gasteiger partial charge in [-0.05, 0) is 17.9 Å².